The quantitative estimate of drug-likeness (QED) is 0.773. The summed E-state index contributed by atoms with van der Waals surface area (Å²) < 4.78 is 13.7. The van der Waals surface area contributed by atoms with E-state index in [0.717, 1.165) is 18.2 Å². The van der Waals surface area contributed by atoms with Gasteiger partial charge in [-0.05, 0) is 31.5 Å². The molecule has 136 valence electrons. The Kier molecular flexibility index (Phi) is 4.22. The summed E-state index contributed by atoms with van der Waals surface area (Å²) in [6, 6.07) is 4.93. The van der Waals surface area contributed by atoms with Gasteiger partial charge in [0.2, 0.25) is 0 Å². The van der Waals surface area contributed by atoms with E-state index < -0.39 is 0 Å². The molecule has 26 heavy (non-hydrogen) atoms. The Morgan fingerprint density at radius 2 is 1.96 bits per heavy atom. The Balaban J connectivity index is 1.43. The molecule has 0 bridgehead atoms. The first-order chi connectivity index (χ1) is 12.5. The van der Waals surface area contributed by atoms with Crippen molar-refractivity contribution in [2.45, 2.75) is 19.9 Å². The van der Waals surface area contributed by atoms with E-state index in [1.807, 2.05) is 6.20 Å². The van der Waals surface area contributed by atoms with E-state index >= 15 is 0 Å². The van der Waals surface area contributed by atoms with Crippen LogP contribution in [-0.4, -0.2) is 71.0 Å². The van der Waals surface area contributed by atoms with Crippen LogP contribution in [0.25, 0.3) is 0 Å². The number of fused-ring (bicyclic) bond motifs is 1. The first kappa shape index (κ1) is 16.8. The number of aliphatic imine (C=N–C) groups is 2. The molecule has 7 heteroatoms. The van der Waals surface area contributed by atoms with Gasteiger partial charge in [-0.25, -0.2) is 9.38 Å². The minimum atomic E-state index is -0.341. The molecule has 4 rings (SSSR count). The van der Waals surface area contributed by atoms with Crippen LogP contribution in [-0.2, 0) is 0 Å². The molecular formula is C19H22FN5O. The lowest BCUT2D eigenvalue weighted by atomic mass is 10.1. The van der Waals surface area contributed by atoms with Gasteiger partial charge in [0.15, 0.2) is 11.7 Å². The van der Waals surface area contributed by atoms with Crippen LogP contribution in [0.1, 0.15) is 22.8 Å². The van der Waals surface area contributed by atoms with Crippen molar-refractivity contribution >= 4 is 17.6 Å². The van der Waals surface area contributed by atoms with Crippen LogP contribution in [0.4, 0.5) is 4.39 Å². The molecule has 1 aromatic rings. The van der Waals surface area contributed by atoms with Gasteiger partial charge in [-0.15, -0.1) is 0 Å². The van der Waals surface area contributed by atoms with Gasteiger partial charge in [-0.1, -0.05) is 6.07 Å². The topological polar surface area (TPSA) is 51.5 Å². The highest BCUT2D eigenvalue weighted by Gasteiger charge is 2.32. The van der Waals surface area contributed by atoms with Gasteiger partial charge >= 0.3 is 0 Å². The molecule has 1 saturated heterocycles. The van der Waals surface area contributed by atoms with Gasteiger partial charge in [0.1, 0.15) is 5.82 Å². The molecule has 3 aliphatic heterocycles. The first-order valence-corrected chi connectivity index (χ1v) is 8.92. The molecule has 1 aromatic carbocycles. The van der Waals surface area contributed by atoms with Gasteiger partial charge in [-0.2, -0.15) is 0 Å². The maximum atomic E-state index is 13.7. The van der Waals surface area contributed by atoms with Crippen LogP contribution in [0.3, 0.4) is 0 Å². The number of hydrogen-bond acceptors (Lipinski definition) is 5. The molecule has 3 heterocycles. The molecule has 0 aliphatic carbocycles. The normalized spacial score (nSPS) is 22.3. The number of carbonyl (C=O) groups is 1. The number of carbonyl (C=O) groups excluding carboxylic acids is 1. The highest BCUT2D eigenvalue weighted by molar-refractivity contribution is 6.41. The van der Waals surface area contributed by atoms with Gasteiger partial charge in [-0.3, -0.25) is 9.79 Å². The number of aryl methyl sites for hydroxylation is 1. The highest BCUT2D eigenvalue weighted by Crippen LogP contribution is 2.18. The van der Waals surface area contributed by atoms with Gasteiger partial charge in [0, 0.05) is 50.7 Å². The Labute approximate surface area is 152 Å². The standard InChI is InChI=1S/C19H22FN5O/c1-13-3-4-15(11-16(13)20)19(26)24-9-7-23(8-10-24)17-18-22-14(2)12-25(18)6-5-21-17/h3-6,11,14H,7-10,12H2,1-2H3. The summed E-state index contributed by atoms with van der Waals surface area (Å²) in [5.41, 5.74) is 0.950. The summed E-state index contributed by atoms with van der Waals surface area (Å²) in [5.74, 6) is 1.33. The summed E-state index contributed by atoms with van der Waals surface area (Å²) in [7, 11) is 0. The lowest BCUT2D eigenvalue weighted by molar-refractivity contribution is 0.0692. The molecular weight excluding hydrogens is 333 g/mol. The van der Waals surface area contributed by atoms with E-state index in [-0.39, 0.29) is 17.8 Å². The van der Waals surface area contributed by atoms with Gasteiger partial charge in [0.05, 0.1) is 6.04 Å². The number of benzene rings is 1. The molecule has 6 nitrogen and oxygen atoms in total. The summed E-state index contributed by atoms with van der Waals surface area (Å²) in [5, 5.41) is 0. The Morgan fingerprint density at radius 3 is 2.69 bits per heavy atom. The zero-order valence-electron chi connectivity index (χ0n) is 15.0. The average molecular weight is 355 g/mol. The fourth-order valence-corrected chi connectivity index (χ4v) is 3.51. The number of halogens is 1. The smallest absolute Gasteiger partial charge is 0.254 e. The molecule has 0 saturated carbocycles. The second kappa shape index (κ2) is 6.55. The van der Waals surface area contributed by atoms with E-state index in [1.165, 1.54) is 6.07 Å². The molecule has 0 spiro atoms. The van der Waals surface area contributed by atoms with Crippen molar-refractivity contribution in [2.75, 3.05) is 32.7 Å². The third kappa shape index (κ3) is 2.98. The predicted molar refractivity (Wildman–Crippen MR) is 98.8 cm³/mol. The van der Waals surface area contributed by atoms with Crippen molar-refractivity contribution in [1.29, 1.82) is 0 Å². The largest absolute Gasteiger partial charge is 0.350 e. The molecule has 0 radical (unpaired) electrons. The summed E-state index contributed by atoms with van der Waals surface area (Å²) in [6.45, 7) is 7.20. The van der Waals surface area contributed by atoms with Crippen LogP contribution < -0.4 is 0 Å². The van der Waals surface area contributed by atoms with Crippen LogP contribution in [0.15, 0.2) is 40.6 Å². The zero-order chi connectivity index (χ0) is 18.3. The first-order valence-electron chi connectivity index (χ1n) is 8.92. The van der Waals surface area contributed by atoms with Crippen LogP contribution in [0.5, 0.6) is 0 Å². The summed E-state index contributed by atoms with van der Waals surface area (Å²) in [6.07, 6.45) is 3.76. The van der Waals surface area contributed by atoms with Crippen molar-refractivity contribution in [3.05, 3.63) is 47.5 Å². The van der Waals surface area contributed by atoms with Crippen LogP contribution >= 0.6 is 0 Å². The third-order valence-corrected chi connectivity index (χ3v) is 5.00. The van der Waals surface area contributed by atoms with E-state index in [9.17, 15) is 9.18 Å². The van der Waals surface area contributed by atoms with E-state index in [4.69, 9.17) is 0 Å². The number of amidine groups is 2. The minimum absolute atomic E-state index is 0.123. The second-order valence-electron chi connectivity index (χ2n) is 6.95. The Bertz CT molecular complexity index is 823. The number of amides is 1. The molecule has 1 atom stereocenters. The number of nitrogens with zero attached hydrogens (tertiary/aromatic N) is 5. The van der Waals surface area contributed by atoms with Crippen molar-refractivity contribution in [3.63, 3.8) is 0 Å². The highest BCUT2D eigenvalue weighted by atomic mass is 19.1. The van der Waals surface area contributed by atoms with Gasteiger partial charge in [0.25, 0.3) is 5.91 Å². The van der Waals surface area contributed by atoms with Crippen LogP contribution in [0.2, 0.25) is 0 Å². The van der Waals surface area contributed by atoms with Crippen LogP contribution in [0, 0.1) is 12.7 Å². The summed E-state index contributed by atoms with van der Waals surface area (Å²) in [4.78, 5) is 27.9. The van der Waals surface area contributed by atoms with E-state index in [1.54, 1.807) is 30.2 Å². The zero-order valence-corrected chi connectivity index (χ0v) is 15.0. The maximum absolute atomic E-state index is 13.7. The SMILES string of the molecule is Cc1ccc(C(=O)N2CCN(C3=NC=CN4CC(C)N=C34)CC2)cc1F. The van der Waals surface area contributed by atoms with Crippen molar-refractivity contribution < 1.29 is 9.18 Å². The predicted octanol–water partition coefficient (Wildman–Crippen LogP) is 1.88. The van der Waals surface area contributed by atoms with Gasteiger partial charge < -0.3 is 14.7 Å². The number of hydrogen-bond donors (Lipinski definition) is 0. The van der Waals surface area contributed by atoms with E-state index in [2.05, 4.69) is 26.7 Å². The molecule has 1 unspecified atom stereocenters. The monoisotopic (exact) mass is 355 g/mol. The minimum Gasteiger partial charge on any atom is -0.350 e. The fourth-order valence-electron chi connectivity index (χ4n) is 3.51. The summed E-state index contributed by atoms with van der Waals surface area (Å²) >= 11 is 0. The molecule has 1 fully saturated rings. The second-order valence-corrected chi connectivity index (χ2v) is 6.95. The third-order valence-electron chi connectivity index (χ3n) is 5.00. The molecule has 1 amide bonds. The maximum Gasteiger partial charge on any atom is 0.254 e. The Hall–Kier alpha value is -2.70. The number of piperazine rings is 1. The average Bonchev–Trinajstić information content (AvgIpc) is 3.03. The Morgan fingerprint density at radius 1 is 1.19 bits per heavy atom. The fraction of sp³-hybridized carbons (Fsp3) is 0.421. The lowest BCUT2D eigenvalue weighted by Gasteiger charge is -2.37. The van der Waals surface area contributed by atoms with Crippen molar-refractivity contribution in [3.8, 4) is 0 Å². The van der Waals surface area contributed by atoms with Crippen molar-refractivity contribution in [2.24, 2.45) is 9.98 Å². The lowest BCUT2D eigenvalue weighted by Crippen LogP contribution is -2.53. The van der Waals surface area contributed by atoms with Crippen molar-refractivity contribution in [1.82, 2.24) is 14.7 Å². The molecule has 3 aliphatic rings. The molecule has 0 N–H and O–H groups in total. The number of rotatable bonds is 1. The van der Waals surface area contributed by atoms with E-state index in [0.29, 0.717) is 37.3 Å². The molecule has 0 aromatic heterocycles.